The second kappa shape index (κ2) is 5.36. The molecule has 0 aliphatic carbocycles. The summed E-state index contributed by atoms with van der Waals surface area (Å²) in [5.41, 5.74) is 2.72. The van der Waals surface area contributed by atoms with Crippen LogP contribution in [0.5, 0.6) is 0 Å². The maximum absolute atomic E-state index is 13.2. The molecule has 0 saturated carbocycles. The van der Waals surface area contributed by atoms with Gasteiger partial charge in [0.1, 0.15) is 0 Å². The molecule has 0 N–H and O–H groups in total. The van der Waals surface area contributed by atoms with Crippen LogP contribution in [0.4, 0.5) is 0 Å². The number of hydrogen-bond donors (Lipinski definition) is 0. The number of aryl methyl sites for hydroxylation is 1. The Hall–Kier alpha value is -2.93. The molecule has 0 heterocycles. The van der Waals surface area contributed by atoms with Crippen molar-refractivity contribution in [2.45, 2.75) is 6.92 Å². The van der Waals surface area contributed by atoms with Crippen LogP contribution >= 0.6 is 0 Å². The third kappa shape index (κ3) is 2.22. The first-order valence-electron chi connectivity index (χ1n) is 7.76. The van der Waals surface area contributed by atoms with E-state index in [9.17, 15) is 4.79 Å². The zero-order chi connectivity index (χ0) is 15.8. The maximum Gasteiger partial charge on any atom is 0.194 e. The number of fused-ring (bicyclic) bond motifs is 2. The third-order valence-electron chi connectivity index (χ3n) is 4.42. The largest absolute Gasteiger partial charge is 0.289 e. The first-order valence-corrected chi connectivity index (χ1v) is 7.76. The lowest BCUT2D eigenvalue weighted by Crippen LogP contribution is -2.03. The van der Waals surface area contributed by atoms with Crippen LogP contribution in [0.1, 0.15) is 21.5 Å². The van der Waals surface area contributed by atoms with Crippen LogP contribution < -0.4 is 0 Å². The lowest BCUT2D eigenvalue weighted by molar-refractivity contribution is 0.104. The van der Waals surface area contributed by atoms with Crippen LogP contribution in [-0.2, 0) is 0 Å². The number of rotatable bonds is 2. The lowest BCUT2D eigenvalue weighted by Gasteiger charge is -2.10. The highest BCUT2D eigenvalue weighted by Gasteiger charge is 2.15. The van der Waals surface area contributed by atoms with E-state index in [4.69, 9.17) is 0 Å². The summed E-state index contributed by atoms with van der Waals surface area (Å²) in [7, 11) is 0. The van der Waals surface area contributed by atoms with Crippen LogP contribution in [0.3, 0.4) is 0 Å². The average molecular weight is 296 g/mol. The van der Waals surface area contributed by atoms with Gasteiger partial charge in [-0.25, -0.2) is 0 Å². The number of ketones is 1. The van der Waals surface area contributed by atoms with Gasteiger partial charge in [0.2, 0.25) is 0 Å². The van der Waals surface area contributed by atoms with Crippen molar-refractivity contribution < 1.29 is 4.79 Å². The number of benzene rings is 4. The molecule has 0 atom stereocenters. The molecular weight excluding hydrogens is 280 g/mol. The second-order valence-electron chi connectivity index (χ2n) is 5.83. The molecule has 1 heteroatoms. The molecule has 0 bridgehead atoms. The van der Waals surface area contributed by atoms with Crippen LogP contribution in [-0.4, -0.2) is 5.78 Å². The lowest BCUT2D eigenvalue weighted by atomic mass is 9.92. The van der Waals surface area contributed by atoms with Crippen molar-refractivity contribution in [2.24, 2.45) is 0 Å². The van der Waals surface area contributed by atoms with E-state index in [1.807, 2.05) is 72.8 Å². The van der Waals surface area contributed by atoms with Crippen molar-refractivity contribution in [1.29, 1.82) is 0 Å². The zero-order valence-electron chi connectivity index (χ0n) is 12.9. The molecular formula is C22H16O. The Morgan fingerprint density at radius 2 is 1.22 bits per heavy atom. The van der Waals surface area contributed by atoms with E-state index < -0.39 is 0 Å². The summed E-state index contributed by atoms with van der Waals surface area (Å²) in [5, 5.41) is 4.25. The second-order valence-corrected chi connectivity index (χ2v) is 5.83. The van der Waals surface area contributed by atoms with Gasteiger partial charge < -0.3 is 0 Å². The van der Waals surface area contributed by atoms with Crippen LogP contribution in [0.15, 0.2) is 78.9 Å². The molecule has 0 spiro atoms. The van der Waals surface area contributed by atoms with Crippen molar-refractivity contribution in [2.75, 3.05) is 0 Å². The molecule has 0 fully saturated rings. The topological polar surface area (TPSA) is 17.1 Å². The number of carbonyl (C=O) groups excluding carboxylic acids is 1. The van der Waals surface area contributed by atoms with E-state index in [1.54, 1.807) is 0 Å². The minimum atomic E-state index is 0.0815. The highest BCUT2D eigenvalue weighted by atomic mass is 16.1. The molecule has 1 nitrogen and oxygen atoms in total. The smallest absolute Gasteiger partial charge is 0.194 e. The van der Waals surface area contributed by atoms with Gasteiger partial charge in [-0.15, -0.1) is 0 Å². The van der Waals surface area contributed by atoms with E-state index >= 15 is 0 Å². The molecule has 0 saturated heterocycles. The molecule has 110 valence electrons. The summed E-state index contributed by atoms with van der Waals surface area (Å²) in [6.45, 7) is 2.08. The Bertz CT molecular complexity index is 1040. The quantitative estimate of drug-likeness (QED) is 0.444. The molecule has 0 radical (unpaired) electrons. The fourth-order valence-corrected chi connectivity index (χ4v) is 3.22. The standard InChI is InChI=1S/C22H16O/c1-15-13-14-21(19-11-5-4-9-17(15)19)22(23)20-12-6-8-16-7-2-3-10-18(16)20/h2-14H,1H3. The van der Waals surface area contributed by atoms with Crippen molar-refractivity contribution in [1.82, 2.24) is 0 Å². The van der Waals surface area contributed by atoms with E-state index in [0.717, 1.165) is 32.7 Å². The number of hydrogen-bond acceptors (Lipinski definition) is 1. The summed E-state index contributed by atoms with van der Waals surface area (Å²) in [6, 6.07) is 26.0. The predicted octanol–water partition coefficient (Wildman–Crippen LogP) is 5.53. The zero-order valence-corrected chi connectivity index (χ0v) is 12.9. The summed E-state index contributed by atoms with van der Waals surface area (Å²) < 4.78 is 0. The number of carbonyl (C=O) groups is 1. The third-order valence-corrected chi connectivity index (χ3v) is 4.42. The maximum atomic E-state index is 13.2. The molecule has 4 aromatic carbocycles. The minimum Gasteiger partial charge on any atom is -0.289 e. The Morgan fingerprint density at radius 1 is 0.609 bits per heavy atom. The SMILES string of the molecule is Cc1ccc(C(=O)c2cccc3ccccc23)c2ccccc12. The first kappa shape index (κ1) is 13.7. The Labute approximate surface area is 135 Å². The molecule has 4 aromatic rings. The van der Waals surface area contributed by atoms with Gasteiger partial charge >= 0.3 is 0 Å². The van der Waals surface area contributed by atoms with Crippen LogP contribution in [0, 0.1) is 6.92 Å². The molecule has 0 aromatic heterocycles. The normalized spacial score (nSPS) is 11.0. The Balaban J connectivity index is 1.98. The highest BCUT2D eigenvalue weighted by molar-refractivity contribution is 6.21. The van der Waals surface area contributed by atoms with Crippen molar-refractivity contribution in [3.8, 4) is 0 Å². The molecule has 0 aliphatic rings. The summed E-state index contributed by atoms with van der Waals surface area (Å²) in [5.74, 6) is 0.0815. The van der Waals surface area contributed by atoms with Gasteiger partial charge in [-0.1, -0.05) is 78.9 Å². The monoisotopic (exact) mass is 296 g/mol. The minimum absolute atomic E-state index is 0.0815. The van der Waals surface area contributed by atoms with Crippen LogP contribution in [0.2, 0.25) is 0 Å². The van der Waals surface area contributed by atoms with Crippen molar-refractivity contribution in [3.63, 3.8) is 0 Å². The Kier molecular flexibility index (Phi) is 3.20. The van der Waals surface area contributed by atoms with Crippen LogP contribution in [0.25, 0.3) is 21.5 Å². The van der Waals surface area contributed by atoms with E-state index in [1.165, 1.54) is 5.56 Å². The summed E-state index contributed by atoms with van der Waals surface area (Å²) in [6.07, 6.45) is 0. The van der Waals surface area contributed by atoms with Gasteiger partial charge in [-0.05, 0) is 34.0 Å². The summed E-state index contributed by atoms with van der Waals surface area (Å²) >= 11 is 0. The molecule has 0 unspecified atom stereocenters. The predicted molar refractivity (Wildman–Crippen MR) is 96.1 cm³/mol. The average Bonchev–Trinajstić information content (AvgIpc) is 2.61. The molecule has 4 rings (SSSR count). The van der Waals surface area contributed by atoms with E-state index in [2.05, 4.69) is 13.0 Å². The van der Waals surface area contributed by atoms with E-state index in [-0.39, 0.29) is 5.78 Å². The summed E-state index contributed by atoms with van der Waals surface area (Å²) in [4.78, 5) is 13.2. The Morgan fingerprint density at radius 3 is 2.04 bits per heavy atom. The highest BCUT2D eigenvalue weighted by Crippen LogP contribution is 2.27. The van der Waals surface area contributed by atoms with Gasteiger partial charge in [0, 0.05) is 11.1 Å². The van der Waals surface area contributed by atoms with Gasteiger partial charge in [0.25, 0.3) is 0 Å². The fourth-order valence-electron chi connectivity index (χ4n) is 3.22. The molecule has 0 amide bonds. The van der Waals surface area contributed by atoms with Crippen molar-refractivity contribution in [3.05, 3.63) is 95.6 Å². The van der Waals surface area contributed by atoms with Gasteiger partial charge in [0.05, 0.1) is 0 Å². The van der Waals surface area contributed by atoms with Gasteiger partial charge in [-0.3, -0.25) is 4.79 Å². The van der Waals surface area contributed by atoms with Gasteiger partial charge in [-0.2, -0.15) is 0 Å². The van der Waals surface area contributed by atoms with Crippen molar-refractivity contribution >= 4 is 27.3 Å². The van der Waals surface area contributed by atoms with E-state index in [0.29, 0.717) is 0 Å². The first-order chi connectivity index (χ1) is 11.3. The fraction of sp³-hybridized carbons (Fsp3) is 0.0455. The molecule has 23 heavy (non-hydrogen) atoms. The van der Waals surface area contributed by atoms with Gasteiger partial charge in [0.15, 0.2) is 5.78 Å². The molecule has 0 aliphatic heterocycles.